The van der Waals surface area contributed by atoms with Crippen LogP contribution in [0.5, 0.6) is 0 Å². The number of hydrogen-bond donors (Lipinski definition) is 1. The number of nitrogens with one attached hydrogen (secondary N) is 1. The zero-order valence-electron chi connectivity index (χ0n) is 16.3. The molecule has 1 N–H and O–H groups in total. The summed E-state index contributed by atoms with van der Waals surface area (Å²) in [6.45, 7) is 5.28. The lowest BCUT2D eigenvalue weighted by Crippen LogP contribution is -2.42. The van der Waals surface area contributed by atoms with E-state index in [1.165, 1.54) is 17.0 Å². The summed E-state index contributed by atoms with van der Waals surface area (Å²) < 4.78 is 24.6. The molecule has 6 nitrogen and oxygen atoms in total. The highest BCUT2D eigenvalue weighted by atomic mass is 35.5. The highest BCUT2D eigenvalue weighted by molar-refractivity contribution is 6.30. The summed E-state index contributed by atoms with van der Waals surface area (Å²) >= 11 is 5.95. The number of anilines is 1. The van der Waals surface area contributed by atoms with Gasteiger partial charge in [0.25, 0.3) is 0 Å². The van der Waals surface area contributed by atoms with E-state index in [1.807, 2.05) is 20.8 Å². The summed E-state index contributed by atoms with van der Waals surface area (Å²) in [4.78, 5) is 26.1. The van der Waals surface area contributed by atoms with Crippen LogP contribution in [-0.2, 0) is 9.47 Å². The van der Waals surface area contributed by atoms with Crippen molar-refractivity contribution in [2.24, 2.45) is 0 Å². The Labute approximate surface area is 173 Å². The largest absolute Gasteiger partial charge is 0.445 e. The number of nitrogens with zero attached hydrogens (tertiary/aromatic N) is 1. The Morgan fingerprint density at radius 2 is 1.93 bits per heavy atom. The van der Waals surface area contributed by atoms with E-state index in [-0.39, 0.29) is 6.61 Å². The second kappa shape index (κ2) is 8.29. The summed E-state index contributed by atoms with van der Waals surface area (Å²) in [5.74, 6) is -0.442. The maximum absolute atomic E-state index is 13.9. The van der Waals surface area contributed by atoms with Crippen molar-refractivity contribution in [2.75, 3.05) is 11.5 Å². The Morgan fingerprint density at radius 1 is 1.24 bits per heavy atom. The fraction of sp³-hybridized carbons (Fsp3) is 0.333. The van der Waals surface area contributed by atoms with Crippen LogP contribution in [0.4, 0.5) is 19.7 Å². The van der Waals surface area contributed by atoms with Gasteiger partial charge in [-0.2, -0.15) is 0 Å². The first-order valence-corrected chi connectivity index (χ1v) is 9.48. The standard InChI is InChI=1S/C21H22ClFN2O4/c1-21(2,3)24-19(26)28-12-17-18(13-5-4-6-15(23)11-13)25(20(27)29-17)16-9-7-14(22)8-10-16/h4-11,17-18H,12H2,1-3H3,(H,24,26)/t17-,18-/m0/s1. The normalized spacial score (nSPS) is 19.1. The van der Waals surface area contributed by atoms with Crippen LogP contribution in [0.3, 0.4) is 0 Å². The van der Waals surface area contributed by atoms with Crippen molar-refractivity contribution in [3.05, 3.63) is 64.9 Å². The minimum Gasteiger partial charge on any atom is -0.445 e. The van der Waals surface area contributed by atoms with Crippen LogP contribution >= 0.6 is 11.6 Å². The molecule has 29 heavy (non-hydrogen) atoms. The molecule has 2 atom stereocenters. The molecule has 0 spiro atoms. The van der Waals surface area contributed by atoms with Crippen molar-refractivity contribution in [3.63, 3.8) is 0 Å². The fourth-order valence-corrected chi connectivity index (χ4v) is 3.20. The maximum Gasteiger partial charge on any atom is 0.415 e. The number of hydrogen-bond acceptors (Lipinski definition) is 4. The molecule has 2 aromatic rings. The second-order valence-corrected chi connectivity index (χ2v) is 8.18. The molecule has 0 radical (unpaired) electrons. The summed E-state index contributed by atoms with van der Waals surface area (Å²) in [6.07, 6.45) is -2.06. The summed E-state index contributed by atoms with van der Waals surface area (Å²) in [6, 6.07) is 11.9. The molecule has 8 heteroatoms. The van der Waals surface area contributed by atoms with Gasteiger partial charge in [-0.15, -0.1) is 0 Å². The number of carbonyl (C=O) groups excluding carboxylic acids is 2. The van der Waals surface area contributed by atoms with E-state index in [4.69, 9.17) is 21.1 Å². The SMILES string of the molecule is CC(C)(C)NC(=O)OC[C@@H]1OC(=O)N(c2ccc(Cl)cc2)[C@H]1c1cccc(F)c1. The lowest BCUT2D eigenvalue weighted by molar-refractivity contribution is 0.0600. The van der Waals surface area contributed by atoms with Crippen molar-refractivity contribution < 1.29 is 23.5 Å². The molecule has 1 fully saturated rings. The van der Waals surface area contributed by atoms with Gasteiger partial charge in [-0.3, -0.25) is 4.90 Å². The molecule has 1 aliphatic rings. The number of halogens is 2. The van der Waals surface area contributed by atoms with E-state index >= 15 is 0 Å². The van der Waals surface area contributed by atoms with Crippen molar-refractivity contribution in [1.82, 2.24) is 5.32 Å². The Bertz CT molecular complexity index is 898. The zero-order chi connectivity index (χ0) is 21.2. The van der Waals surface area contributed by atoms with Gasteiger partial charge in [-0.25, -0.2) is 14.0 Å². The van der Waals surface area contributed by atoms with E-state index in [1.54, 1.807) is 36.4 Å². The van der Waals surface area contributed by atoms with Crippen LogP contribution in [-0.4, -0.2) is 30.4 Å². The predicted octanol–water partition coefficient (Wildman–Crippen LogP) is 5.07. The predicted molar refractivity (Wildman–Crippen MR) is 108 cm³/mol. The Morgan fingerprint density at radius 3 is 2.55 bits per heavy atom. The molecular formula is C21H22ClFN2O4. The van der Waals surface area contributed by atoms with Gasteiger partial charge in [0.15, 0.2) is 6.10 Å². The van der Waals surface area contributed by atoms with Crippen LogP contribution in [0.15, 0.2) is 48.5 Å². The molecule has 2 amide bonds. The zero-order valence-corrected chi connectivity index (χ0v) is 17.1. The Hall–Kier alpha value is -2.80. The second-order valence-electron chi connectivity index (χ2n) is 7.74. The molecular weight excluding hydrogens is 399 g/mol. The van der Waals surface area contributed by atoms with Gasteiger partial charge in [0.05, 0.1) is 0 Å². The molecule has 3 rings (SSSR count). The lowest BCUT2D eigenvalue weighted by atomic mass is 10.0. The third-order valence-electron chi connectivity index (χ3n) is 4.23. The minimum atomic E-state index is -0.814. The number of rotatable bonds is 4. The average Bonchev–Trinajstić information content (AvgIpc) is 2.95. The molecule has 0 bridgehead atoms. The number of alkyl carbamates (subject to hydrolysis) is 1. The van der Waals surface area contributed by atoms with Gasteiger partial charge in [0.2, 0.25) is 0 Å². The fourth-order valence-electron chi connectivity index (χ4n) is 3.08. The third-order valence-corrected chi connectivity index (χ3v) is 4.48. The first kappa shape index (κ1) is 20.9. The average molecular weight is 421 g/mol. The summed E-state index contributed by atoms with van der Waals surface area (Å²) in [7, 11) is 0. The number of ether oxygens (including phenoxy) is 2. The number of cyclic esters (lactones) is 1. The maximum atomic E-state index is 13.9. The van der Waals surface area contributed by atoms with Crippen molar-refractivity contribution in [1.29, 1.82) is 0 Å². The quantitative estimate of drug-likeness (QED) is 0.749. The number of carbonyl (C=O) groups is 2. The molecule has 154 valence electrons. The van der Waals surface area contributed by atoms with E-state index in [0.717, 1.165) is 0 Å². The van der Waals surface area contributed by atoms with Crippen molar-refractivity contribution in [2.45, 2.75) is 38.5 Å². The van der Waals surface area contributed by atoms with Gasteiger partial charge < -0.3 is 14.8 Å². The van der Waals surface area contributed by atoms with Crippen LogP contribution in [0.25, 0.3) is 0 Å². The van der Waals surface area contributed by atoms with Gasteiger partial charge in [-0.1, -0.05) is 23.7 Å². The molecule has 1 aliphatic heterocycles. The monoisotopic (exact) mass is 420 g/mol. The molecule has 1 saturated heterocycles. The summed E-state index contributed by atoms with van der Waals surface area (Å²) in [5, 5.41) is 3.19. The van der Waals surface area contributed by atoms with Gasteiger partial charge in [0.1, 0.15) is 18.5 Å². The Balaban J connectivity index is 1.88. The first-order valence-electron chi connectivity index (χ1n) is 9.10. The topological polar surface area (TPSA) is 67.9 Å². The highest BCUT2D eigenvalue weighted by Gasteiger charge is 2.44. The molecule has 0 aliphatic carbocycles. The molecule has 0 saturated carbocycles. The van der Waals surface area contributed by atoms with Crippen molar-refractivity contribution >= 4 is 29.5 Å². The van der Waals surface area contributed by atoms with E-state index in [9.17, 15) is 14.0 Å². The molecule has 0 aromatic heterocycles. The molecule has 0 unspecified atom stereocenters. The Kier molecular flexibility index (Phi) is 5.98. The highest BCUT2D eigenvalue weighted by Crippen LogP contribution is 2.38. The van der Waals surface area contributed by atoms with Gasteiger partial charge in [0, 0.05) is 16.2 Å². The smallest absolute Gasteiger partial charge is 0.415 e. The van der Waals surface area contributed by atoms with Crippen LogP contribution in [0, 0.1) is 5.82 Å². The summed E-state index contributed by atoms with van der Waals surface area (Å²) in [5.41, 5.74) is 0.590. The van der Waals surface area contributed by atoms with Gasteiger partial charge in [-0.05, 0) is 62.7 Å². The number of amides is 2. The third kappa shape index (κ3) is 5.17. The lowest BCUT2D eigenvalue weighted by Gasteiger charge is -2.26. The number of benzene rings is 2. The van der Waals surface area contributed by atoms with E-state index < -0.39 is 35.7 Å². The minimum absolute atomic E-state index is 0.182. The van der Waals surface area contributed by atoms with E-state index in [2.05, 4.69) is 5.32 Å². The van der Waals surface area contributed by atoms with Crippen LogP contribution < -0.4 is 10.2 Å². The van der Waals surface area contributed by atoms with Gasteiger partial charge >= 0.3 is 12.2 Å². The molecule has 1 heterocycles. The molecule has 2 aromatic carbocycles. The van der Waals surface area contributed by atoms with Crippen molar-refractivity contribution in [3.8, 4) is 0 Å². The van der Waals surface area contributed by atoms with E-state index in [0.29, 0.717) is 16.3 Å². The van der Waals surface area contributed by atoms with Crippen LogP contribution in [0.1, 0.15) is 32.4 Å². The first-order chi connectivity index (χ1) is 13.6. The van der Waals surface area contributed by atoms with Crippen LogP contribution in [0.2, 0.25) is 5.02 Å².